The monoisotopic (exact) mass is 377 g/mol. The number of hydrogen-bond donors (Lipinski definition) is 1. The summed E-state index contributed by atoms with van der Waals surface area (Å²) >= 11 is 5.79. The van der Waals surface area contributed by atoms with Gasteiger partial charge in [-0.2, -0.15) is 0 Å². The average Bonchev–Trinajstić information content (AvgIpc) is 2.64. The molecular formula is C19H20ClNO5. The highest BCUT2D eigenvalue weighted by atomic mass is 35.5. The summed E-state index contributed by atoms with van der Waals surface area (Å²) < 4.78 is 15.7. The van der Waals surface area contributed by atoms with E-state index in [9.17, 15) is 9.59 Å². The molecule has 0 spiro atoms. The van der Waals surface area contributed by atoms with Gasteiger partial charge in [-0.15, -0.1) is 0 Å². The van der Waals surface area contributed by atoms with Crippen molar-refractivity contribution in [2.45, 2.75) is 26.1 Å². The van der Waals surface area contributed by atoms with E-state index in [2.05, 4.69) is 5.32 Å². The number of esters is 1. The Morgan fingerprint density at radius 3 is 2.08 bits per heavy atom. The molecule has 2 rings (SSSR count). The molecule has 1 N–H and O–H groups in total. The van der Waals surface area contributed by atoms with Crippen molar-refractivity contribution in [3.05, 3.63) is 53.6 Å². The van der Waals surface area contributed by atoms with E-state index >= 15 is 0 Å². The molecule has 7 heteroatoms. The molecule has 0 bridgehead atoms. The molecule has 0 aliphatic heterocycles. The fraction of sp³-hybridized carbons (Fsp3) is 0.263. The first-order chi connectivity index (χ1) is 12.4. The summed E-state index contributed by atoms with van der Waals surface area (Å²) in [6.45, 7) is 3.04. The van der Waals surface area contributed by atoms with Crippen molar-refractivity contribution in [1.29, 1.82) is 0 Å². The number of methoxy groups -OCH3 is 1. The quantitative estimate of drug-likeness (QED) is 0.745. The van der Waals surface area contributed by atoms with Gasteiger partial charge in [0.05, 0.1) is 7.11 Å². The fourth-order valence-electron chi connectivity index (χ4n) is 2.01. The van der Waals surface area contributed by atoms with E-state index in [4.69, 9.17) is 25.8 Å². The topological polar surface area (TPSA) is 73.9 Å². The second kappa shape index (κ2) is 9.10. The van der Waals surface area contributed by atoms with Crippen LogP contribution in [0, 0.1) is 0 Å². The average molecular weight is 378 g/mol. The van der Waals surface area contributed by atoms with Crippen LogP contribution < -0.4 is 14.8 Å². The van der Waals surface area contributed by atoms with E-state index in [0.29, 0.717) is 22.2 Å². The maximum absolute atomic E-state index is 12.1. The van der Waals surface area contributed by atoms with Crippen LogP contribution in [0.3, 0.4) is 0 Å². The van der Waals surface area contributed by atoms with Gasteiger partial charge < -0.3 is 19.5 Å². The zero-order valence-electron chi connectivity index (χ0n) is 14.7. The Morgan fingerprint density at radius 1 is 0.923 bits per heavy atom. The van der Waals surface area contributed by atoms with Crippen molar-refractivity contribution in [3.8, 4) is 11.5 Å². The highest BCUT2D eigenvalue weighted by molar-refractivity contribution is 6.30. The lowest BCUT2D eigenvalue weighted by atomic mass is 10.3. The normalized spacial score (nSPS) is 12.6. The Labute approximate surface area is 157 Å². The molecule has 0 saturated heterocycles. The van der Waals surface area contributed by atoms with Gasteiger partial charge in [0.15, 0.2) is 12.2 Å². The van der Waals surface area contributed by atoms with Crippen molar-refractivity contribution >= 4 is 29.2 Å². The van der Waals surface area contributed by atoms with Gasteiger partial charge in [0.1, 0.15) is 11.5 Å². The molecule has 0 heterocycles. The highest BCUT2D eigenvalue weighted by Gasteiger charge is 2.23. The van der Waals surface area contributed by atoms with Gasteiger partial charge in [-0.1, -0.05) is 11.6 Å². The minimum Gasteiger partial charge on any atom is -0.497 e. The molecule has 0 aliphatic rings. The summed E-state index contributed by atoms with van der Waals surface area (Å²) in [7, 11) is 1.56. The number of hydrogen-bond acceptors (Lipinski definition) is 5. The predicted molar refractivity (Wildman–Crippen MR) is 98.7 cm³/mol. The van der Waals surface area contributed by atoms with Crippen LogP contribution in [0.2, 0.25) is 5.02 Å². The first kappa shape index (κ1) is 19.6. The smallest absolute Gasteiger partial charge is 0.347 e. The SMILES string of the molecule is COc1ccc(OC(C)C(=O)OC(C)C(=O)Nc2ccc(Cl)cc2)cc1. The Balaban J connectivity index is 1.86. The van der Waals surface area contributed by atoms with Gasteiger partial charge in [0, 0.05) is 10.7 Å². The van der Waals surface area contributed by atoms with Crippen LogP contribution in [0.1, 0.15) is 13.8 Å². The fourth-order valence-corrected chi connectivity index (χ4v) is 2.13. The van der Waals surface area contributed by atoms with Crippen LogP contribution >= 0.6 is 11.6 Å². The minimum absolute atomic E-state index is 0.447. The minimum atomic E-state index is -0.972. The Hall–Kier alpha value is -2.73. The zero-order valence-corrected chi connectivity index (χ0v) is 15.4. The number of ether oxygens (including phenoxy) is 3. The molecule has 138 valence electrons. The molecule has 6 nitrogen and oxygen atoms in total. The van der Waals surface area contributed by atoms with Crippen molar-refractivity contribution in [2.75, 3.05) is 12.4 Å². The van der Waals surface area contributed by atoms with Gasteiger partial charge in [0.25, 0.3) is 5.91 Å². The van der Waals surface area contributed by atoms with Crippen molar-refractivity contribution in [1.82, 2.24) is 0 Å². The van der Waals surface area contributed by atoms with E-state index in [1.165, 1.54) is 6.92 Å². The Morgan fingerprint density at radius 2 is 1.50 bits per heavy atom. The summed E-state index contributed by atoms with van der Waals surface area (Å²) in [6.07, 6.45) is -1.84. The Bertz CT molecular complexity index is 746. The standard InChI is InChI=1S/C19H20ClNO5/c1-12(18(22)21-15-6-4-14(20)5-7-15)26-19(23)13(2)25-17-10-8-16(24-3)9-11-17/h4-13H,1-3H3,(H,21,22). The Kier molecular flexibility index (Phi) is 6.86. The number of rotatable bonds is 7. The third kappa shape index (κ3) is 5.67. The summed E-state index contributed by atoms with van der Waals surface area (Å²) in [4.78, 5) is 24.2. The van der Waals surface area contributed by atoms with Crippen molar-refractivity contribution in [2.24, 2.45) is 0 Å². The van der Waals surface area contributed by atoms with E-state index in [0.717, 1.165) is 0 Å². The lowest BCUT2D eigenvalue weighted by molar-refractivity contribution is -0.159. The maximum atomic E-state index is 12.1. The van der Waals surface area contributed by atoms with Crippen LogP contribution in [0.25, 0.3) is 0 Å². The van der Waals surface area contributed by atoms with Crippen LogP contribution in [-0.2, 0) is 14.3 Å². The first-order valence-corrected chi connectivity index (χ1v) is 8.34. The highest BCUT2D eigenvalue weighted by Crippen LogP contribution is 2.19. The summed E-state index contributed by atoms with van der Waals surface area (Å²) in [5, 5.41) is 3.21. The summed E-state index contributed by atoms with van der Waals surface area (Å²) in [5.41, 5.74) is 0.560. The molecule has 2 aromatic carbocycles. The molecule has 0 saturated carbocycles. The largest absolute Gasteiger partial charge is 0.497 e. The molecule has 2 aromatic rings. The van der Waals surface area contributed by atoms with Crippen LogP contribution in [-0.4, -0.2) is 31.2 Å². The summed E-state index contributed by atoms with van der Waals surface area (Å²) in [6, 6.07) is 13.4. The number of carbonyl (C=O) groups is 2. The molecular weight excluding hydrogens is 358 g/mol. The predicted octanol–water partition coefficient (Wildman–Crippen LogP) is 3.69. The number of halogens is 1. The molecule has 0 radical (unpaired) electrons. The van der Waals surface area contributed by atoms with E-state index in [-0.39, 0.29) is 0 Å². The molecule has 1 amide bonds. The van der Waals surface area contributed by atoms with Gasteiger partial charge in [0.2, 0.25) is 0 Å². The molecule has 2 unspecified atom stereocenters. The molecule has 0 aromatic heterocycles. The lowest BCUT2D eigenvalue weighted by Crippen LogP contribution is -2.35. The van der Waals surface area contributed by atoms with E-state index in [1.807, 2.05) is 0 Å². The third-order valence-corrected chi connectivity index (χ3v) is 3.73. The third-order valence-electron chi connectivity index (χ3n) is 3.48. The van der Waals surface area contributed by atoms with E-state index in [1.54, 1.807) is 62.6 Å². The van der Waals surface area contributed by atoms with Gasteiger partial charge in [-0.25, -0.2) is 4.79 Å². The maximum Gasteiger partial charge on any atom is 0.347 e. The number of nitrogens with one attached hydrogen (secondary N) is 1. The van der Waals surface area contributed by atoms with Gasteiger partial charge in [-0.3, -0.25) is 4.79 Å². The molecule has 2 atom stereocenters. The van der Waals surface area contributed by atoms with Crippen molar-refractivity contribution < 1.29 is 23.8 Å². The lowest BCUT2D eigenvalue weighted by Gasteiger charge is -2.18. The van der Waals surface area contributed by atoms with Gasteiger partial charge >= 0.3 is 5.97 Å². The molecule has 26 heavy (non-hydrogen) atoms. The van der Waals surface area contributed by atoms with Crippen LogP contribution in [0.5, 0.6) is 11.5 Å². The number of anilines is 1. The summed E-state index contributed by atoms with van der Waals surface area (Å²) in [5.74, 6) is 0.0884. The number of amides is 1. The molecule has 0 aliphatic carbocycles. The second-order valence-corrected chi connectivity index (χ2v) is 5.95. The first-order valence-electron chi connectivity index (χ1n) is 7.96. The van der Waals surface area contributed by atoms with Crippen molar-refractivity contribution in [3.63, 3.8) is 0 Å². The van der Waals surface area contributed by atoms with Crippen LogP contribution in [0.4, 0.5) is 5.69 Å². The second-order valence-electron chi connectivity index (χ2n) is 5.51. The van der Waals surface area contributed by atoms with E-state index < -0.39 is 24.1 Å². The van der Waals surface area contributed by atoms with Crippen LogP contribution in [0.15, 0.2) is 48.5 Å². The zero-order chi connectivity index (χ0) is 19.1. The number of carbonyl (C=O) groups excluding carboxylic acids is 2. The molecule has 0 fully saturated rings. The van der Waals surface area contributed by atoms with Gasteiger partial charge in [-0.05, 0) is 62.4 Å². The number of benzene rings is 2.